The van der Waals surface area contributed by atoms with Gasteiger partial charge in [0.05, 0.1) is 6.61 Å². The summed E-state index contributed by atoms with van der Waals surface area (Å²) in [5.41, 5.74) is 3.06. The van der Waals surface area contributed by atoms with E-state index in [0.29, 0.717) is 6.04 Å². The van der Waals surface area contributed by atoms with E-state index in [1.54, 1.807) is 0 Å². The Morgan fingerprint density at radius 1 is 1.22 bits per heavy atom. The van der Waals surface area contributed by atoms with E-state index < -0.39 is 0 Å². The lowest BCUT2D eigenvalue weighted by Gasteiger charge is -2.25. The van der Waals surface area contributed by atoms with Crippen molar-refractivity contribution in [2.45, 2.75) is 45.1 Å². The minimum Gasteiger partial charge on any atom is -0.380 e. The van der Waals surface area contributed by atoms with Crippen LogP contribution in [0.5, 0.6) is 0 Å². The number of fused-ring (bicyclic) bond motifs is 1. The van der Waals surface area contributed by atoms with Crippen molar-refractivity contribution in [1.29, 1.82) is 0 Å². The number of nitrogens with one attached hydrogen (secondary N) is 1. The Labute approximate surface area is 111 Å². The second-order valence-corrected chi connectivity index (χ2v) is 5.13. The molecule has 0 aromatic heterocycles. The largest absolute Gasteiger partial charge is 0.380 e. The van der Waals surface area contributed by atoms with E-state index in [2.05, 4.69) is 36.5 Å². The Morgan fingerprint density at radius 2 is 2.06 bits per heavy atom. The Hall–Kier alpha value is -0.860. The maximum atomic E-state index is 5.57. The van der Waals surface area contributed by atoms with E-state index in [4.69, 9.17) is 4.74 Å². The van der Waals surface area contributed by atoms with Gasteiger partial charge in [0.25, 0.3) is 0 Å². The van der Waals surface area contributed by atoms with Crippen LogP contribution in [0.15, 0.2) is 24.3 Å². The van der Waals surface area contributed by atoms with Crippen LogP contribution in [-0.2, 0) is 17.6 Å². The normalized spacial score (nSPS) is 18.6. The molecule has 1 aromatic carbocycles. The van der Waals surface area contributed by atoms with E-state index in [-0.39, 0.29) is 0 Å². The minimum atomic E-state index is 0.634. The van der Waals surface area contributed by atoms with Crippen molar-refractivity contribution in [3.8, 4) is 0 Å². The molecule has 0 fully saturated rings. The summed E-state index contributed by atoms with van der Waals surface area (Å²) in [7, 11) is 0. The first-order chi connectivity index (χ1) is 8.90. The molecule has 0 radical (unpaired) electrons. The van der Waals surface area contributed by atoms with Gasteiger partial charge in [-0.1, -0.05) is 37.6 Å². The van der Waals surface area contributed by atoms with Crippen LogP contribution in [0.1, 0.15) is 37.3 Å². The van der Waals surface area contributed by atoms with Crippen molar-refractivity contribution in [3.05, 3.63) is 35.4 Å². The zero-order valence-corrected chi connectivity index (χ0v) is 11.5. The summed E-state index contributed by atoms with van der Waals surface area (Å²) in [4.78, 5) is 0. The van der Waals surface area contributed by atoms with Gasteiger partial charge in [0.15, 0.2) is 0 Å². The molecule has 1 N–H and O–H groups in total. The molecular formula is C16H25NO. The van der Waals surface area contributed by atoms with Crippen LogP contribution < -0.4 is 5.32 Å². The van der Waals surface area contributed by atoms with Crippen molar-refractivity contribution in [2.24, 2.45) is 0 Å². The third kappa shape index (κ3) is 4.11. The molecule has 2 heteroatoms. The number of ether oxygens (including phenoxy) is 1. The van der Waals surface area contributed by atoms with Gasteiger partial charge in [-0.05, 0) is 36.8 Å². The van der Waals surface area contributed by atoms with E-state index in [0.717, 1.165) is 19.8 Å². The molecule has 2 rings (SSSR count). The van der Waals surface area contributed by atoms with Crippen LogP contribution in [0, 0.1) is 0 Å². The van der Waals surface area contributed by atoms with Crippen molar-refractivity contribution >= 4 is 0 Å². The molecule has 1 aliphatic carbocycles. The fourth-order valence-electron chi connectivity index (χ4n) is 2.56. The number of unbranched alkanes of at least 4 members (excludes halogenated alkanes) is 1. The predicted octanol–water partition coefficient (Wildman–Crippen LogP) is 2.95. The number of aryl methyl sites for hydroxylation is 1. The zero-order valence-electron chi connectivity index (χ0n) is 11.5. The van der Waals surface area contributed by atoms with Crippen LogP contribution in [0.4, 0.5) is 0 Å². The molecule has 100 valence electrons. The number of hydrogen-bond donors (Lipinski definition) is 1. The first kappa shape index (κ1) is 13.6. The lowest BCUT2D eigenvalue weighted by atomic mass is 9.88. The number of rotatable bonds is 7. The molecule has 0 saturated carbocycles. The molecular weight excluding hydrogens is 222 g/mol. The summed E-state index contributed by atoms with van der Waals surface area (Å²) in [5, 5.41) is 3.61. The summed E-state index contributed by atoms with van der Waals surface area (Å²) in [6.07, 6.45) is 6.03. The average Bonchev–Trinajstić information content (AvgIpc) is 2.42. The third-order valence-electron chi connectivity index (χ3n) is 3.67. The van der Waals surface area contributed by atoms with Crippen LogP contribution >= 0.6 is 0 Å². The Kier molecular flexibility index (Phi) is 5.69. The monoisotopic (exact) mass is 247 g/mol. The lowest BCUT2D eigenvalue weighted by Crippen LogP contribution is -2.36. The summed E-state index contributed by atoms with van der Waals surface area (Å²) in [6.45, 7) is 4.93. The molecule has 1 atom stereocenters. The first-order valence-corrected chi connectivity index (χ1v) is 7.28. The average molecular weight is 247 g/mol. The predicted molar refractivity (Wildman–Crippen MR) is 76.0 cm³/mol. The molecule has 18 heavy (non-hydrogen) atoms. The Morgan fingerprint density at radius 3 is 2.89 bits per heavy atom. The quantitative estimate of drug-likeness (QED) is 0.748. The number of benzene rings is 1. The van der Waals surface area contributed by atoms with Crippen molar-refractivity contribution in [3.63, 3.8) is 0 Å². The highest BCUT2D eigenvalue weighted by molar-refractivity contribution is 5.30. The summed E-state index contributed by atoms with van der Waals surface area (Å²) >= 11 is 0. The van der Waals surface area contributed by atoms with Gasteiger partial charge >= 0.3 is 0 Å². The van der Waals surface area contributed by atoms with Gasteiger partial charge in [0.2, 0.25) is 0 Å². The molecule has 0 amide bonds. The van der Waals surface area contributed by atoms with E-state index in [1.807, 2.05) is 0 Å². The second kappa shape index (κ2) is 7.55. The molecule has 0 spiro atoms. The lowest BCUT2D eigenvalue weighted by molar-refractivity contribution is 0.130. The molecule has 0 heterocycles. The van der Waals surface area contributed by atoms with E-state index in [1.165, 1.54) is 43.2 Å². The molecule has 1 aromatic rings. The van der Waals surface area contributed by atoms with Gasteiger partial charge in [0.1, 0.15) is 0 Å². The van der Waals surface area contributed by atoms with Gasteiger partial charge in [-0.3, -0.25) is 0 Å². The molecule has 2 nitrogen and oxygen atoms in total. The standard InChI is InChI=1S/C16H25NO/c1-2-3-11-18-12-10-17-16-9-8-14-6-4-5-7-15(14)13-16/h4-7,16-17H,2-3,8-13H2,1H3. The number of hydrogen-bond acceptors (Lipinski definition) is 2. The fourth-order valence-corrected chi connectivity index (χ4v) is 2.56. The summed E-state index contributed by atoms with van der Waals surface area (Å²) in [6, 6.07) is 9.46. The molecule has 1 unspecified atom stereocenters. The van der Waals surface area contributed by atoms with E-state index in [9.17, 15) is 0 Å². The van der Waals surface area contributed by atoms with Crippen LogP contribution in [-0.4, -0.2) is 25.8 Å². The highest BCUT2D eigenvalue weighted by Gasteiger charge is 2.16. The molecule has 0 aliphatic heterocycles. The van der Waals surface area contributed by atoms with Gasteiger partial charge < -0.3 is 10.1 Å². The topological polar surface area (TPSA) is 21.3 Å². The maximum absolute atomic E-state index is 5.57. The maximum Gasteiger partial charge on any atom is 0.0591 e. The van der Waals surface area contributed by atoms with E-state index >= 15 is 0 Å². The smallest absolute Gasteiger partial charge is 0.0591 e. The van der Waals surface area contributed by atoms with Gasteiger partial charge in [0, 0.05) is 19.2 Å². The van der Waals surface area contributed by atoms with Crippen molar-refractivity contribution < 1.29 is 4.74 Å². The third-order valence-corrected chi connectivity index (χ3v) is 3.67. The molecule has 1 aliphatic rings. The van der Waals surface area contributed by atoms with Gasteiger partial charge in [-0.15, -0.1) is 0 Å². The van der Waals surface area contributed by atoms with Gasteiger partial charge in [-0.25, -0.2) is 0 Å². The van der Waals surface area contributed by atoms with Crippen LogP contribution in [0.25, 0.3) is 0 Å². The highest BCUT2D eigenvalue weighted by atomic mass is 16.5. The SMILES string of the molecule is CCCCOCCNC1CCc2ccccc2C1. The van der Waals surface area contributed by atoms with Crippen molar-refractivity contribution in [2.75, 3.05) is 19.8 Å². The first-order valence-electron chi connectivity index (χ1n) is 7.28. The molecule has 0 bridgehead atoms. The Bertz CT molecular complexity index is 351. The second-order valence-electron chi connectivity index (χ2n) is 5.13. The van der Waals surface area contributed by atoms with Crippen LogP contribution in [0.2, 0.25) is 0 Å². The van der Waals surface area contributed by atoms with Crippen LogP contribution in [0.3, 0.4) is 0 Å². The Balaban J connectivity index is 1.64. The van der Waals surface area contributed by atoms with Crippen molar-refractivity contribution in [1.82, 2.24) is 5.32 Å². The minimum absolute atomic E-state index is 0.634. The summed E-state index contributed by atoms with van der Waals surface area (Å²) in [5.74, 6) is 0. The summed E-state index contributed by atoms with van der Waals surface area (Å²) < 4.78 is 5.57. The fraction of sp³-hybridized carbons (Fsp3) is 0.625. The zero-order chi connectivity index (χ0) is 12.6. The molecule has 0 saturated heterocycles. The highest BCUT2D eigenvalue weighted by Crippen LogP contribution is 2.20. The van der Waals surface area contributed by atoms with Gasteiger partial charge in [-0.2, -0.15) is 0 Å².